The summed E-state index contributed by atoms with van der Waals surface area (Å²) in [5.74, 6) is 0.0393. The number of para-hydroxylation sites is 1. The third kappa shape index (κ3) is 3.78. The molecule has 2 rings (SSSR count). The van der Waals surface area contributed by atoms with Gasteiger partial charge in [-0.05, 0) is 24.0 Å². The second kappa shape index (κ2) is 5.72. The number of benzene rings is 1. The van der Waals surface area contributed by atoms with Crippen molar-refractivity contribution < 1.29 is 4.79 Å². The number of amides is 1. The number of nitrogens with two attached hydrogens (primary N) is 1. The Hall–Kier alpha value is -1.39. The summed E-state index contributed by atoms with van der Waals surface area (Å²) >= 11 is 0. The largest absolute Gasteiger partial charge is 0.327 e. The molecule has 1 saturated heterocycles. The van der Waals surface area contributed by atoms with Crippen LogP contribution in [0.1, 0.15) is 20.3 Å². The van der Waals surface area contributed by atoms with Gasteiger partial charge in [-0.2, -0.15) is 0 Å². The van der Waals surface area contributed by atoms with Gasteiger partial charge >= 0.3 is 0 Å². The molecule has 1 aromatic carbocycles. The quantitative estimate of drug-likeness (QED) is 0.870. The van der Waals surface area contributed by atoms with Crippen LogP contribution >= 0.6 is 0 Å². The van der Waals surface area contributed by atoms with Crippen LogP contribution in [0.5, 0.6) is 0 Å². The molecule has 104 valence electrons. The van der Waals surface area contributed by atoms with Crippen LogP contribution in [-0.2, 0) is 4.79 Å². The van der Waals surface area contributed by atoms with Crippen molar-refractivity contribution in [3.63, 3.8) is 0 Å². The molecule has 19 heavy (non-hydrogen) atoms. The van der Waals surface area contributed by atoms with Gasteiger partial charge in [-0.15, -0.1) is 0 Å². The Bertz CT molecular complexity index is 430. The molecule has 4 heteroatoms. The van der Waals surface area contributed by atoms with E-state index < -0.39 is 0 Å². The van der Waals surface area contributed by atoms with Crippen molar-refractivity contribution >= 4 is 11.6 Å². The lowest BCUT2D eigenvalue weighted by Gasteiger charge is -2.42. The van der Waals surface area contributed by atoms with E-state index in [1.807, 2.05) is 30.3 Å². The van der Waals surface area contributed by atoms with Gasteiger partial charge in [0.1, 0.15) is 0 Å². The lowest BCUT2D eigenvalue weighted by molar-refractivity contribution is -0.118. The number of hydrogen-bond acceptors (Lipinski definition) is 3. The third-order valence-corrected chi connectivity index (χ3v) is 3.82. The lowest BCUT2D eigenvalue weighted by Crippen LogP contribution is -2.53. The zero-order valence-electron chi connectivity index (χ0n) is 11.7. The first-order valence-electron chi connectivity index (χ1n) is 6.80. The summed E-state index contributed by atoms with van der Waals surface area (Å²) in [5.41, 5.74) is 7.02. The molecule has 1 atom stereocenters. The van der Waals surface area contributed by atoms with E-state index in [1.165, 1.54) is 0 Å². The normalized spacial score (nSPS) is 23.0. The Labute approximate surface area is 115 Å². The third-order valence-electron chi connectivity index (χ3n) is 3.82. The Morgan fingerprint density at radius 3 is 2.74 bits per heavy atom. The number of likely N-dealkylation sites (tertiary alicyclic amines) is 1. The first-order valence-corrected chi connectivity index (χ1v) is 6.80. The maximum atomic E-state index is 12.0. The van der Waals surface area contributed by atoms with E-state index in [0.717, 1.165) is 25.2 Å². The predicted molar refractivity (Wildman–Crippen MR) is 77.9 cm³/mol. The fourth-order valence-electron chi connectivity index (χ4n) is 2.55. The molecule has 1 fully saturated rings. The molecule has 1 amide bonds. The van der Waals surface area contributed by atoms with Crippen molar-refractivity contribution in [3.8, 4) is 0 Å². The summed E-state index contributed by atoms with van der Waals surface area (Å²) in [6.45, 7) is 6.53. The Kier molecular flexibility index (Phi) is 4.22. The fourth-order valence-corrected chi connectivity index (χ4v) is 2.55. The van der Waals surface area contributed by atoms with Crippen molar-refractivity contribution in [1.29, 1.82) is 0 Å². The van der Waals surface area contributed by atoms with Crippen LogP contribution in [-0.4, -0.2) is 36.5 Å². The molecule has 0 spiro atoms. The molecule has 0 radical (unpaired) electrons. The lowest BCUT2D eigenvalue weighted by atomic mass is 9.80. The van der Waals surface area contributed by atoms with Crippen LogP contribution in [0, 0.1) is 5.41 Å². The Morgan fingerprint density at radius 2 is 2.11 bits per heavy atom. The van der Waals surface area contributed by atoms with Crippen LogP contribution in [0.4, 0.5) is 5.69 Å². The molecule has 1 heterocycles. The van der Waals surface area contributed by atoms with Crippen LogP contribution in [0.3, 0.4) is 0 Å². The van der Waals surface area contributed by atoms with Gasteiger partial charge in [0.2, 0.25) is 5.91 Å². The smallest absolute Gasteiger partial charge is 0.238 e. The number of hydrogen-bond donors (Lipinski definition) is 2. The molecule has 1 aromatic rings. The van der Waals surface area contributed by atoms with E-state index >= 15 is 0 Å². The van der Waals surface area contributed by atoms with E-state index in [0.29, 0.717) is 6.54 Å². The first kappa shape index (κ1) is 14.0. The highest BCUT2D eigenvalue weighted by molar-refractivity contribution is 5.92. The minimum Gasteiger partial charge on any atom is -0.327 e. The summed E-state index contributed by atoms with van der Waals surface area (Å²) in [6.07, 6.45) is 0.950. The molecule has 0 saturated carbocycles. The highest BCUT2D eigenvalue weighted by atomic mass is 16.2. The average Bonchev–Trinajstić information content (AvgIpc) is 2.34. The SMILES string of the molecule is CC1(C)CN(CC(=O)Nc2ccccc2)CCC1N. The van der Waals surface area contributed by atoms with Gasteiger partial charge in [0.25, 0.3) is 0 Å². The summed E-state index contributed by atoms with van der Waals surface area (Å²) in [6, 6.07) is 9.78. The van der Waals surface area contributed by atoms with Crippen LogP contribution in [0.25, 0.3) is 0 Å². The maximum Gasteiger partial charge on any atom is 0.238 e. The van der Waals surface area contributed by atoms with Crippen molar-refractivity contribution in [3.05, 3.63) is 30.3 Å². The first-order chi connectivity index (χ1) is 8.97. The standard InChI is InChI=1S/C15H23N3O/c1-15(2)11-18(9-8-13(15)16)10-14(19)17-12-6-4-3-5-7-12/h3-7,13H,8-11,16H2,1-2H3,(H,17,19). The van der Waals surface area contributed by atoms with Gasteiger partial charge in [0.15, 0.2) is 0 Å². The minimum absolute atomic E-state index is 0.0393. The minimum atomic E-state index is 0.0393. The van der Waals surface area contributed by atoms with Gasteiger partial charge in [0.05, 0.1) is 6.54 Å². The number of nitrogens with zero attached hydrogens (tertiary/aromatic N) is 1. The van der Waals surface area contributed by atoms with E-state index in [2.05, 4.69) is 24.1 Å². The van der Waals surface area contributed by atoms with Gasteiger partial charge in [-0.25, -0.2) is 0 Å². The number of rotatable bonds is 3. The number of carbonyl (C=O) groups excluding carboxylic acids is 1. The van der Waals surface area contributed by atoms with Gasteiger partial charge < -0.3 is 11.1 Å². The number of carbonyl (C=O) groups is 1. The molecule has 1 aliphatic rings. The second-order valence-corrected chi connectivity index (χ2v) is 6.01. The van der Waals surface area contributed by atoms with Crippen LogP contribution in [0.2, 0.25) is 0 Å². The molecule has 0 aromatic heterocycles. The average molecular weight is 261 g/mol. The Balaban J connectivity index is 1.86. The van der Waals surface area contributed by atoms with Crippen molar-refractivity contribution in [2.45, 2.75) is 26.3 Å². The van der Waals surface area contributed by atoms with Gasteiger partial charge in [-0.3, -0.25) is 9.69 Å². The van der Waals surface area contributed by atoms with Crippen molar-refractivity contribution in [2.75, 3.05) is 25.0 Å². The molecular formula is C15H23N3O. The van der Waals surface area contributed by atoms with E-state index in [1.54, 1.807) is 0 Å². The number of piperidine rings is 1. The molecule has 1 unspecified atom stereocenters. The zero-order valence-corrected chi connectivity index (χ0v) is 11.7. The molecule has 3 N–H and O–H groups in total. The summed E-state index contributed by atoms with van der Waals surface area (Å²) in [5, 5.41) is 2.92. The molecule has 0 aliphatic carbocycles. The highest BCUT2D eigenvalue weighted by Gasteiger charge is 2.33. The number of anilines is 1. The molecule has 1 aliphatic heterocycles. The summed E-state index contributed by atoms with van der Waals surface area (Å²) in [7, 11) is 0. The summed E-state index contributed by atoms with van der Waals surface area (Å²) < 4.78 is 0. The molecule has 4 nitrogen and oxygen atoms in total. The number of nitrogens with one attached hydrogen (secondary N) is 1. The van der Waals surface area contributed by atoms with Crippen LogP contribution in [0.15, 0.2) is 30.3 Å². The van der Waals surface area contributed by atoms with Crippen LogP contribution < -0.4 is 11.1 Å². The second-order valence-electron chi connectivity index (χ2n) is 6.01. The highest BCUT2D eigenvalue weighted by Crippen LogP contribution is 2.27. The van der Waals surface area contributed by atoms with Gasteiger partial charge in [-0.1, -0.05) is 32.0 Å². The van der Waals surface area contributed by atoms with Crippen molar-refractivity contribution in [2.24, 2.45) is 11.1 Å². The summed E-state index contributed by atoms with van der Waals surface area (Å²) in [4.78, 5) is 14.2. The fraction of sp³-hybridized carbons (Fsp3) is 0.533. The molecular weight excluding hydrogens is 238 g/mol. The monoisotopic (exact) mass is 261 g/mol. The topological polar surface area (TPSA) is 58.4 Å². The van der Waals surface area contributed by atoms with Crippen molar-refractivity contribution in [1.82, 2.24) is 4.90 Å². The van der Waals surface area contributed by atoms with Gasteiger partial charge in [0, 0.05) is 24.8 Å². The van der Waals surface area contributed by atoms with E-state index in [9.17, 15) is 4.79 Å². The van der Waals surface area contributed by atoms with E-state index in [-0.39, 0.29) is 17.4 Å². The maximum absolute atomic E-state index is 12.0. The predicted octanol–water partition coefficient (Wildman–Crippen LogP) is 1.68. The zero-order chi connectivity index (χ0) is 13.9. The van der Waals surface area contributed by atoms with E-state index in [4.69, 9.17) is 5.73 Å². The Morgan fingerprint density at radius 1 is 1.42 bits per heavy atom. The molecule has 0 bridgehead atoms.